The van der Waals surface area contributed by atoms with Crippen molar-refractivity contribution in [2.75, 3.05) is 11.6 Å². The summed E-state index contributed by atoms with van der Waals surface area (Å²) < 4.78 is 0. The van der Waals surface area contributed by atoms with Gasteiger partial charge in [-0.15, -0.1) is 11.8 Å². The van der Waals surface area contributed by atoms with Crippen molar-refractivity contribution in [2.45, 2.75) is 32.7 Å². The Bertz CT molecular complexity index is 147. The number of rotatable bonds is 1. The number of carbonyl (C=O) groups excluding carboxylic acids is 1. The van der Waals surface area contributed by atoms with Crippen molar-refractivity contribution in [3.63, 3.8) is 0 Å². The Kier molecular flexibility index (Phi) is 3.24. The number of hydrogen-bond donors (Lipinski definition) is 0. The van der Waals surface area contributed by atoms with Gasteiger partial charge in [-0.1, -0.05) is 0 Å². The minimum atomic E-state index is 0.324. The predicted octanol–water partition coefficient (Wildman–Crippen LogP) is 1.71. The van der Waals surface area contributed by atoms with Crippen molar-refractivity contribution in [3.8, 4) is 0 Å². The second-order valence-corrected chi connectivity index (χ2v) is 4.17. The van der Waals surface area contributed by atoms with Gasteiger partial charge in [0.2, 0.25) is 5.91 Å². The summed E-state index contributed by atoms with van der Waals surface area (Å²) in [6.07, 6.45) is 1.79. The Morgan fingerprint density at radius 2 is 2.27 bits per heavy atom. The van der Waals surface area contributed by atoms with Crippen LogP contribution in [0.1, 0.15) is 26.7 Å². The Balaban J connectivity index is 2.52. The predicted molar refractivity (Wildman–Crippen MR) is 48.5 cm³/mol. The molecule has 0 bridgehead atoms. The van der Waals surface area contributed by atoms with Crippen LogP contribution in [0.5, 0.6) is 0 Å². The lowest BCUT2D eigenvalue weighted by Crippen LogP contribution is -2.35. The van der Waals surface area contributed by atoms with Crippen LogP contribution in [0.3, 0.4) is 0 Å². The first-order valence-corrected chi connectivity index (χ1v) is 5.24. The monoisotopic (exact) mass is 173 g/mol. The molecule has 0 N–H and O–H groups in total. The van der Waals surface area contributed by atoms with Gasteiger partial charge in [-0.05, 0) is 26.0 Å². The molecule has 0 aromatic carbocycles. The molecule has 1 amide bonds. The highest BCUT2D eigenvalue weighted by molar-refractivity contribution is 7.99. The summed E-state index contributed by atoms with van der Waals surface area (Å²) in [5.41, 5.74) is 0. The van der Waals surface area contributed by atoms with Gasteiger partial charge < -0.3 is 4.90 Å². The second-order valence-electron chi connectivity index (χ2n) is 3.10. The quantitative estimate of drug-likeness (QED) is 0.601. The van der Waals surface area contributed by atoms with Gasteiger partial charge in [0, 0.05) is 12.5 Å². The van der Waals surface area contributed by atoms with Gasteiger partial charge in [-0.3, -0.25) is 4.79 Å². The third kappa shape index (κ3) is 2.40. The first-order valence-electron chi connectivity index (χ1n) is 4.09. The van der Waals surface area contributed by atoms with Crippen LogP contribution in [0.25, 0.3) is 0 Å². The minimum Gasteiger partial charge on any atom is -0.331 e. The number of amides is 1. The van der Waals surface area contributed by atoms with Gasteiger partial charge in [0.1, 0.15) is 0 Å². The smallest absolute Gasteiger partial charge is 0.223 e. The normalized spacial score (nSPS) is 20.6. The third-order valence-electron chi connectivity index (χ3n) is 1.85. The molecule has 1 aliphatic heterocycles. The van der Waals surface area contributed by atoms with Crippen LogP contribution in [0.15, 0.2) is 0 Å². The van der Waals surface area contributed by atoms with Crippen molar-refractivity contribution < 1.29 is 4.79 Å². The fourth-order valence-electron chi connectivity index (χ4n) is 1.14. The van der Waals surface area contributed by atoms with Gasteiger partial charge in [0.25, 0.3) is 0 Å². The topological polar surface area (TPSA) is 20.3 Å². The van der Waals surface area contributed by atoms with Crippen molar-refractivity contribution >= 4 is 17.7 Å². The van der Waals surface area contributed by atoms with E-state index in [2.05, 4.69) is 13.8 Å². The molecular weight excluding hydrogens is 158 g/mol. The molecule has 0 unspecified atom stereocenters. The molecule has 0 aromatic heterocycles. The number of nitrogens with zero attached hydrogens (tertiary/aromatic N) is 1. The average Bonchev–Trinajstić information content (AvgIpc) is 2.13. The van der Waals surface area contributed by atoms with E-state index in [1.807, 2.05) is 16.7 Å². The molecule has 1 saturated heterocycles. The SMILES string of the molecule is CC(C)N1CSCCCC1=O. The average molecular weight is 173 g/mol. The summed E-state index contributed by atoms with van der Waals surface area (Å²) in [7, 11) is 0. The van der Waals surface area contributed by atoms with Crippen LogP contribution in [0.4, 0.5) is 0 Å². The summed E-state index contributed by atoms with van der Waals surface area (Å²) in [5.74, 6) is 2.34. The lowest BCUT2D eigenvalue weighted by molar-refractivity contribution is -0.131. The molecule has 1 heterocycles. The van der Waals surface area contributed by atoms with Gasteiger partial charge in [-0.2, -0.15) is 0 Å². The highest BCUT2D eigenvalue weighted by Crippen LogP contribution is 2.16. The first-order chi connectivity index (χ1) is 5.22. The van der Waals surface area contributed by atoms with Gasteiger partial charge >= 0.3 is 0 Å². The third-order valence-corrected chi connectivity index (χ3v) is 2.89. The number of carbonyl (C=O) groups is 1. The zero-order valence-electron chi connectivity index (χ0n) is 7.17. The Labute approximate surface area is 72.3 Å². The molecule has 64 valence electrons. The molecular formula is C8H15NOS. The van der Waals surface area contributed by atoms with Crippen LogP contribution in [0, 0.1) is 0 Å². The van der Waals surface area contributed by atoms with Gasteiger partial charge in [-0.25, -0.2) is 0 Å². The molecule has 0 aliphatic carbocycles. The van der Waals surface area contributed by atoms with Gasteiger partial charge in [0.05, 0.1) is 5.88 Å². The summed E-state index contributed by atoms with van der Waals surface area (Å²) in [6, 6.07) is 0.369. The molecule has 0 saturated carbocycles. The number of thioether (sulfide) groups is 1. The van der Waals surface area contributed by atoms with E-state index in [0.717, 1.165) is 24.5 Å². The summed E-state index contributed by atoms with van der Waals surface area (Å²) in [6.45, 7) is 4.15. The second kappa shape index (κ2) is 4.00. The van der Waals surface area contributed by atoms with Crippen molar-refractivity contribution in [3.05, 3.63) is 0 Å². The van der Waals surface area contributed by atoms with Gasteiger partial charge in [0.15, 0.2) is 0 Å². The Hall–Kier alpha value is -0.180. The molecule has 0 radical (unpaired) electrons. The summed E-state index contributed by atoms with van der Waals surface area (Å²) in [4.78, 5) is 13.3. The molecule has 1 aliphatic rings. The molecule has 0 aromatic rings. The fourth-order valence-corrected chi connectivity index (χ4v) is 2.26. The maximum absolute atomic E-state index is 11.4. The Morgan fingerprint density at radius 3 is 2.91 bits per heavy atom. The van der Waals surface area contributed by atoms with E-state index in [0.29, 0.717) is 11.9 Å². The van der Waals surface area contributed by atoms with E-state index in [1.165, 1.54) is 0 Å². The molecule has 11 heavy (non-hydrogen) atoms. The largest absolute Gasteiger partial charge is 0.331 e. The maximum atomic E-state index is 11.4. The van der Waals surface area contributed by atoms with E-state index in [1.54, 1.807) is 0 Å². The van der Waals surface area contributed by atoms with E-state index in [9.17, 15) is 4.79 Å². The highest BCUT2D eigenvalue weighted by Gasteiger charge is 2.18. The van der Waals surface area contributed by atoms with Crippen LogP contribution in [-0.2, 0) is 4.79 Å². The number of hydrogen-bond acceptors (Lipinski definition) is 2. The summed E-state index contributed by atoms with van der Waals surface area (Å²) >= 11 is 1.86. The molecule has 0 atom stereocenters. The van der Waals surface area contributed by atoms with E-state index in [-0.39, 0.29) is 0 Å². The highest BCUT2D eigenvalue weighted by atomic mass is 32.2. The van der Waals surface area contributed by atoms with Crippen molar-refractivity contribution in [2.24, 2.45) is 0 Å². The van der Waals surface area contributed by atoms with E-state index >= 15 is 0 Å². The first kappa shape index (κ1) is 8.91. The fraction of sp³-hybridized carbons (Fsp3) is 0.875. The van der Waals surface area contributed by atoms with Crippen LogP contribution in [0.2, 0.25) is 0 Å². The van der Waals surface area contributed by atoms with Crippen molar-refractivity contribution in [1.29, 1.82) is 0 Å². The standard InChI is InChI=1S/C8H15NOS/c1-7(2)9-6-11-5-3-4-8(9)10/h7H,3-6H2,1-2H3. The minimum absolute atomic E-state index is 0.324. The molecule has 0 spiro atoms. The summed E-state index contributed by atoms with van der Waals surface area (Å²) in [5, 5.41) is 0. The molecule has 1 fully saturated rings. The maximum Gasteiger partial charge on any atom is 0.223 e. The molecule has 1 rings (SSSR count). The lowest BCUT2D eigenvalue weighted by Gasteiger charge is -2.24. The molecule has 2 nitrogen and oxygen atoms in total. The van der Waals surface area contributed by atoms with E-state index in [4.69, 9.17) is 0 Å². The lowest BCUT2D eigenvalue weighted by atomic mass is 10.2. The zero-order chi connectivity index (χ0) is 8.27. The molecule has 3 heteroatoms. The van der Waals surface area contributed by atoms with E-state index < -0.39 is 0 Å². The van der Waals surface area contributed by atoms with Crippen LogP contribution >= 0.6 is 11.8 Å². The zero-order valence-corrected chi connectivity index (χ0v) is 7.99. The van der Waals surface area contributed by atoms with Crippen LogP contribution in [-0.4, -0.2) is 28.5 Å². The Morgan fingerprint density at radius 1 is 1.55 bits per heavy atom. The van der Waals surface area contributed by atoms with Crippen molar-refractivity contribution in [1.82, 2.24) is 4.90 Å². The van der Waals surface area contributed by atoms with Crippen LogP contribution < -0.4 is 0 Å².